The number of rotatable bonds is 3. The third kappa shape index (κ3) is 3.54. The van der Waals surface area contributed by atoms with E-state index in [1.807, 2.05) is 6.92 Å². The lowest BCUT2D eigenvalue weighted by Gasteiger charge is -2.22. The van der Waals surface area contributed by atoms with Gasteiger partial charge < -0.3 is 10.5 Å². The molecule has 0 aliphatic carbocycles. The van der Waals surface area contributed by atoms with Crippen LogP contribution in [0.3, 0.4) is 0 Å². The first kappa shape index (κ1) is 16.6. The zero-order valence-electron chi connectivity index (χ0n) is 11.7. The lowest BCUT2D eigenvalue weighted by Crippen LogP contribution is -2.36. The summed E-state index contributed by atoms with van der Waals surface area (Å²) < 4.78 is 45.8. The fraction of sp³-hybridized carbons (Fsp3) is 0.538. The number of nitrogens with zero attached hydrogens (tertiary/aromatic N) is 1. The van der Waals surface area contributed by atoms with Crippen LogP contribution in [0.2, 0.25) is 5.02 Å². The second kappa shape index (κ2) is 6.58. The van der Waals surface area contributed by atoms with Crippen molar-refractivity contribution in [3.63, 3.8) is 0 Å². The van der Waals surface area contributed by atoms with Gasteiger partial charge in [-0.05, 0) is 31.0 Å². The molecule has 1 aliphatic heterocycles. The predicted molar refractivity (Wildman–Crippen MR) is 78.1 cm³/mol. The normalized spacial score (nSPS) is 21.2. The maximum Gasteiger partial charge on any atom is 0.243 e. The first-order valence-corrected chi connectivity index (χ1v) is 8.47. The molecule has 5 nitrogen and oxygen atoms in total. The van der Waals surface area contributed by atoms with Crippen molar-refractivity contribution in [1.82, 2.24) is 4.31 Å². The van der Waals surface area contributed by atoms with Gasteiger partial charge in [-0.3, -0.25) is 0 Å². The summed E-state index contributed by atoms with van der Waals surface area (Å²) in [7, 11) is -3.79. The van der Waals surface area contributed by atoms with E-state index in [9.17, 15) is 12.8 Å². The van der Waals surface area contributed by atoms with Gasteiger partial charge in [0.2, 0.25) is 10.0 Å². The number of halogens is 2. The SMILES string of the molecule is CC1CN(S(=O)(=O)c2cc(F)c(Cl)c(CN)c2)CCCO1. The second-order valence-electron chi connectivity index (χ2n) is 4.98. The molecule has 1 heterocycles. The van der Waals surface area contributed by atoms with Crippen LogP contribution in [0.25, 0.3) is 0 Å². The molecule has 0 spiro atoms. The lowest BCUT2D eigenvalue weighted by molar-refractivity contribution is 0.0752. The molecule has 8 heteroatoms. The van der Waals surface area contributed by atoms with E-state index in [4.69, 9.17) is 22.1 Å². The van der Waals surface area contributed by atoms with E-state index >= 15 is 0 Å². The van der Waals surface area contributed by atoms with Crippen molar-refractivity contribution in [1.29, 1.82) is 0 Å². The van der Waals surface area contributed by atoms with E-state index in [-0.39, 0.29) is 34.7 Å². The highest BCUT2D eigenvalue weighted by Gasteiger charge is 2.29. The minimum Gasteiger partial charge on any atom is -0.377 e. The monoisotopic (exact) mass is 336 g/mol. The van der Waals surface area contributed by atoms with Crippen molar-refractivity contribution >= 4 is 21.6 Å². The van der Waals surface area contributed by atoms with Gasteiger partial charge >= 0.3 is 0 Å². The van der Waals surface area contributed by atoms with E-state index in [1.165, 1.54) is 10.4 Å². The number of nitrogens with two attached hydrogens (primary N) is 1. The Morgan fingerprint density at radius 2 is 2.24 bits per heavy atom. The standard InChI is InChI=1S/C13H18ClFN2O3S/c1-9-8-17(3-2-4-20-9)21(18,19)11-5-10(7-16)13(14)12(15)6-11/h5-6,9H,2-4,7-8,16H2,1H3. The summed E-state index contributed by atoms with van der Waals surface area (Å²) in [5.41, 5.74) is 5.75. The van der Waals surface area contributed by atoms with Crippen LogP contribution in [0.15, 0.2) is 17.0 Å². The molecule has 1 aromatic rings. The minimum absolute atomic E-state index is 0.0291. The zero-order valence-corrected chi connectivity index (χ0v) is 13.3. The van der Waals surface area contributed by atoms with Gasteiger partial charge in [-0.25, -0.2) is 12.8 Å². The van der Waals surface area contributed by atoms with Gasteiger partial charge in [0, 0.05) is 26.2 Å². The topological polar surface area (TPSA) is 72.6 Å². The van der Waals surface area contributed by atoms with Crippen molar-refractivity contribution in [2.45, 2.75) is 30.9 Å². The Morgan fingerprint density at radius 1 is 1.52 bits per heavy atom. The van der Waals surface area contributed by atoms with E-state index < -0.39 is 15.8 Å². The Morgan fingerprint density at radius 3 is 2.90 bits per heavy atom. The fourth-order valence-electron chi connectivity index (χ4n) is 2.24. The minimum atomic E-state index is -3.79. The second-order valence-corrected chi connectivity index (χ2v) is 7.30. The number of hydrogen-bond acceptors (Lipinski definition) is 4. The summed E-state index contributed by atoms with van der Waals surface area (Å²) in [4.78, 5) is -0.126. The first-order chi connectivity index (χ1) is 9.86. The van der Waals surface area contributed by atoms with Crippen molar-refractivity contribution in [2.75, 3.05) is 19.7 Å². The summed E-state index contributed by atoms with van der Waals surface area (Å²) in [5.74, 6) is -0.780. The summed E-state index contributed by atoms with van der Waals surface area (Å²) in [6.07, 6.45) is 0.400. The van der Waals surface area contributed by atoms with Crippen LogP contribution >= 0.6 is 11.6 Å². The zero-order chi connectivity index (χ0) is 15.6. The molecule has 2 rings (SSSR count). The van der Waals surface area contributed by atoms with Crippen LogP contribution in [0, 0.1) is 5.82 Å². The van der Waals surface area contributed by atoms with E-state index in [0.29, 0.717) is 19.6 Å². The van der Waals surface area contributed by atoms with E-state index in [1.54, 1.807) is 0 Å². The molecule has 0 bridgehead atoms. The van der Waals surface area contributed by atoms with Gasteiger partial charge in [0.1, 0.15) is 5.82 Å². The highest BCUT2D eigenvalue weighted by Crippen LogP contribution is 2.26. The Hall–Kier alpha value is -0.730. The molecule has 118 valence electrons. The highest BCUT2D eigenvalue weighted by molar-refractivity contribution is 7.89. The van der Waals surface area contributed by atoms with Gasteiger partial charge in [-0.1, -0.05) is 11.6 Å². The van der Waals surface area contributed by atoms with Gasteiger partial charge in [0.25, 0.3) is 0 Å². The average molecular weight is 337 g/mol. The van der Waals surface area contributed by atoms with Crippen LogP contribution in [0.4, 0.5) is 4.39 Å². The van der Waals surface area contributed by atoms with E-state index in [0.717, 1.165) is 6.07 Å². The third-order valence-electron chi connectivity index (χ3n) is 3.35. The molecule has 0 radical (unpaired) electrons. The lowest BCUT2D eigenvalue weighted by atomic mass is 10.2. The summed E-state index contributed by atoms with van der Waals surface area (Å²) in [6.45, 7) is 2.87. The smallest absolute Gasteiger partial charge is 0.243 e. The molecule has 1 fully saturated rings. The molecule has 1 unspecified atom stereocenters. The number of ether oxygens (including phenoxy) is 1. The molecule has 21 heavy (non-hydrogen) atoms. The molecule has 0 saturated carbocycles. The summed E-state index contributed by atoms with van der Waals surface area (Å²) in [6, 6.07) is 2.27. The van der Waals surface area contributed by atoms with Gasteiger partial charge in [-0.2, -0.15) is 4.31 Å². The van der Waals surface area contributed by atoms with Crippen LogP contribution in [-0.4, -0.2) is 38.5 Å². The Labute approximate surface area is 128 Å². The predicted octanol–water partition coefficient (Wildman–Crippen LogP) is 1.74. The molecule has 1 atom stereocenters. The Kier molecular flexibility index (Phi) is 5.21. The Bertz CT molecular complexity index is 624. The molecule has 1 saturated heterocycles. The number of sulfonamides is 1. The van der Waals surface area contributed by atoms with Crippen molar-refractivity contribution in [3.8, 4) is 0 Å². The largest absolute Gasteiger partial charge is 0.377 e. The maximum atomic E-state index is 13.8. The van der Waals surface area contributed by atoms with Gasteiger partial charge in [0.15, 0.2) is 0 Å². The maximum absolute atomic E-state index is 13.8. The molecule has 1 aromatic carbocycles. The fourth-order valence-corrected chi connectivity index (χ4v) is 4.04. The van der Waals surface area contributed by atoms with Gasteiger partial charge in [0.05, 0.1) is 16.0 Å². The van der Waals surface area contributed by atoms with Crippen molar-refractivity contribution < 1.29 is 17.5 Å². The quantitative estimate of drug-likeness (QED) is 0.912. The Balaban J connectivity index is 2.41. The molecule has 2 N–H and O–H groups in total. The summed E-state index contributed by atoms with van der Waals surface area (Å²) in [5, 5.41) is -0.135. The number of hydrogen-bond donors (Lipinski definition) is 1. The third-order valence-corrected chi connectivity index (χ3v) is 5.62. The van der Waals surface area contributed by atoms with Gasteiger partial charge in [-0.15, -0.1) is 0 Å². The molecule has 1 aliphatic rings. The van der Waals surface area contributed by atoms with Crippen molar-refractivity contribution in [3.05, 3.63) is 28.5 Å². The summed E-state index contributed by atoms with van der Waals surface area (Å²) >= 11 is 5.77. The van der Waals surface area contributed by atoms with Crippen LogP contribution in [0.1, 0.15) is 18.9 Å². The number of benzene rings is 1. The average Bonchev–Trinajstić information content (AvgIpc) is 2.66. The highest BCUT2D eigenvalue weighted by atomic mass is 35.5. The molecule has 0 aromatic heterocycles. The van der Waals surface area contributed by atoms with Crippen molar-refractivity contribution in [2.24, 2.45) is 5.73 Å². The van der Waals surface area contributed by atoms with Crippen LogP contribution < -0.4 is 5.73 Å². The molecular formula is C13H18ClFN2O3S. The molecule has 0 amide bonds. The van der Waals surface area contributed by atoms with Crippen LogP contribution in [0.5, 0.6) is 0 Å². The molecular weight excluding hydrogens is 319 g/mol. The first-order valence-electron chi connectivity index (χ1n) is 6.66. The van der Waals surface area contributed by atoms with E-state index in [2.05, 4.69) is 0 Å². The van der Waals surface area contributed by atoms with Crippen LogP contribution in [-0.2, 0) is 21.3 Å².